The number of nitrogen functional groups attached to an aromatic ring is 1. The number of carbonyl (C=O) groups is 1. The summed E-state index contributed by atoms with van der Waals surface area (Å²) >= 11 is 0. The van der Waals surface area contributed by atoms with E-state index in [-0.39, 0.29) is 6.61 Å². The molecule has 3 N–H and O–H groups in total. The Hall–Kier alpha value is -1.75. The number of methoxy groups -OCH3 is 1. The van der Waals surface area contributed by atoms with Gasteiger partial charge in [0.15, 0.2) is 0 Å². The van der Waals surface area contributed by atoms with Crippen LogP contribution in [0.2, 0.25) is 0 Å². The summed E-state index contributed by atoms with van der Waals surface area (Å²) in [7, 11) is 1.36. The van der Waals surface area contributed by atoms with Crippen molar-refractivity contribution < 1.29 is 14.6 Å². The van der Waals surface area contributed by atoms with Gasteiger partial charge in [-0.05, 0) is 37.5 Å². The van der Waals surface area contributed by atoms with Crippen molar-refractivity contribution in [1.29, 1.82) is 0 Å². The molecular weight excluding hydrogens is 244 g/mol. The van der Waals surface area contributed by atoms with E-state index in [0.717, 1.165) is 18.5 Å². The molecule has 19 heavy (non-hydrogen) atoms. The van der Waals surface area contributed by atoms with Crippen LogP contribution in [0.25, 0.3) is 0 Å². The molecule has 0 saturated heterocycles. The first kappa shape index (κ1) is 13.7. The Kier molecular flexibility index (Phi) is 4.27. The average molecular weight is 264 g/mol. The van der Waals surface area contributed by atoms with Gasteiger partial charge in [-0.1, -0.05) is 0 Å². The van der Waals surface area contributed by atoms with Crippen molar-refractivity contribution in [1.82, 2.24) is 0 Å². The van der Waals surface area contributed by atoms with E-state index in [9.17, 15) is 9.90 Å². The zero-order valence-electron chi connectivity index (χ0n) is 11.1. The number of esters is 1. The van der Waals surface area contributed by atoms with E-state index in [0.29, 0.717) is 23.8 Å². The fourth-order valence-electron chi connectivity index (χ4n) is 2.38. The second-order valence-electron chi connectivity index (χ2n) is 4.77. The predicted octanol–water partition coefficient (Wildman–Crippen LogP) is 1.41. The third-order valence-electron chi connectivity index (χ3n) is 3.59. The summed E-state index contributed by atoms with van der Waals surface area (Å²) in [5.74, 6) is -0.399. The molecule has 0 spiro atoms. The first-order chi connectivity index (χ1) is 9.17. The summed E-state index contributed by atoms with van der Waals surface area (Å²) in [6.07, 6.45) is 3.37. The maximum Gasteiger partial charge on any atom is 0.340 e. The van der Waals surface area contributed by atoms with Gasteiger partial charge in [-0.25, -0.2) is 4.79 Å². The van der Waals surface area contributed by atoms with Crippen molar-refractivity contribution in [2.45, 2.75) is 25.3 Å². The summed E-state index contributed by atoms with van der Waals surface area (Å²) in [4.78, 5) is 13.9. The molecule has 1 fully saturated rings. The highest BCUT2D eigenvalue weighted by Gasteiger charge is 2.27. The van der Waals surface area contributed by atoms with Crippen molar-refractivity contribution in [3.8, 4) is 0 Å². The second kappa shape index (κ2) is 5.93. The molecule has 0 radical (unpaired) electrons. The molecule has 0 bridgehead atoms. The van der Waals surface area contributed by atoms with Crippen LogP contribution in [0.15, 0.2) is 18.2 Å². The third kappa shape index (κ3) is 2.81. The lowest BCUT2D eigenvalue weighted by molar-refractivity contribution is 0.0601. The molecule has 0 aliphatic heterocycles. The normalized spacial score (nSPS) is 14.8. The largest absolute Gasteiger partial charge is 0.465 e. The molecule has 2 rings (SSSR count). The highest BCUT2D eigenvalue weighted by molar-refractivity contribution is 5.97. The Labute approximate surface area is 113 Å². The number of benzene rings is 1. The van der Waals surface area contributed by atoms with Gasteiger partial charge < -0.3 is 20.5 Å². The Morgan fingerprint density at radius 1 is 1.53 bits per heavy atom. The van der Waals surface area contributed by atoms with Gasteiger partial charge in [0.25, 0.3) is 0 Å². The van der Waals surface area contributed by atoms with Gasteiger partial charge in [-0.15, -0.1) is 0 Å². The van der Waals surface area contributed by atoms with E-state index in [1.54, 1.807) is 12.1 Å². The molecule has 0 aromatic heterocycles. The van der Waals surface area contributed by atoms with Gasteiger partial charge in [0.1, 0.15) is 0 Å². The number of ether oxygens (including phenoxy) is 1. The molecule has 104 valence electrons. The first-order valence-electron chi connectivity index (χ1n) is 6.52. The van der Waals surface area contributed by atoms with Crippen LogP contribution in [0.4, 0.5) is 11.4 Å². The number of aliphatic hydroxyl groups is 1. The van der Waals surface area contributed by atoms with E-state index in [2.05, 4.69) is 4.90 Å². The number of nitrogens with two attached hydrogens (primary N) is 1. The molecule has 1 saturated carbocycles. The van der Waals surface area contributed by atoms with E-state index in [4.69, 9.17) is 10.5 Å². The summed E-state index contributed by atoms with van der Waals surface area (Å²) in [5.41, 5.74) is 7.52. The monoisotopic (exact) mass is 264 g/mol. The lowest BCUT2D eigenvalue weighted by Gasteiger charge is -2.39. The molecule has 0 heterocycles. The van der Waals surface area contributed by atoms with Crippen molar-refractivity contribution in [2.24, 2.45) is 0 Å². The summed E-state index contributed by atoms with van der Waals surface area (Å²) in [6, 6.07) is 5.61. The van der Waals surface area contributed by atoms with Crippen LogP contribution in [-0.4, -0.2) is 37.4 Å². The van der Waals surface area contributed by atoms with E-state index in [1.165, 1.54) is 13.5 Å². The summed E-state index contributed by atoms with van der Waals surface area (Å²) in [5, 5.41) is 9.23. The number of carbonyl (C=O) groups excluding carboxylic acids is 1. The zero-order valence-corrected chi connectivity index (χ0v) is 11.1. The number of anilines is 2. The van der Waals surface area contributed by atoms with Crippen LogP contribution in [0.3, 0.4) is 0 Å². The predicted molar refractivity (Wildman–Crippen MR) is 74.3 cm³/mol. The number of rotatable bonds is 5. The Bertz CT molecular complexity index is 458. The molecule has 5 nitrogen and oxygen atoms in total. The maximum atomic E-state index is 11.9. The van der Waals surface area contributed by atoms with Crippen LogP contribution >= 0.6 is 0 Å². The third-order valence-corrected chi connectivity index (χ3v) is 3.59. The molecule has 1 aromatic rings. The molecule has 0 atom stereocenters. The minimum atomic E-state index is -0.399. The van der Waals surface area contributed by atoms with Crippen LogP contribution in [0, 0.1) is 0 Å². The van der Waals surface area contributed by atoms with Gasteiger partial charge in [-0.3, -0.25) is 0 Å². The second-order valence-corrected chi connectivity index (χ2v) is 4.77. The topological polar surface area (TPSA) is 75.8 Å². The van der Waals surface area contributed by atoms with Crippen LogP contribution in [-0.2, 0) is 4.74 Å². The molecular formula is C14H20N2O3. The lowest BCUT2D eigenvalue weighted by atomic mass is 9.90. The first-order valence-corrected chi connectivity index (χ1v) is 6.52. The SMILES string of the molecule is COC(=O)c1cc(N)ccc1N(CCO)C1CCC1. The number of hydrogen-bond donors (Lipinski definition) is 2. The van der Waals surface area contributed by atoms with Gasteiger partial charge in [0.2, 0.25) is 0 Å². The highest BCUT2D eigenvalue weighted by Crippen LogP contribution is 2.32. The fraction of sp³-hybridized carbons (Fsp3) is 0.500. The summed E-state index contributed by atoms with van der Waals surface area (Å²) in [6.45, 7) is 0.570. The minimum Gasteiger partial charge on any atom is -0.465 e. The molecule has 1 aliphatic carbocycles. The lowest BCUT2D eigenvalue weighted by Crippen LogP contribution is -2.42. The Morgan fingerprint density at radius 2 is 2.26 bits per heavy atom. The quantitative estimate of drug-likeness (QED) is 0.621. The van der Waals surface area contributed by atoms with Crippen molar-refractivity contribution in [3.63, 3.8) is 0 Å². The van der Waals surface area contributed by atoms with Gasteiger partial charge in [0, 0.05) is 18.3 Å². The van der Waals surface area contributed by atoms with Crippen LogP contribution in [0.5, 0.6) is 0 Å². The van der Waals surface area contributed by atoms with Crippen LogP contribution < -0.4 is 10.6 Å². The molecule has 1 aromatic carbocycles. The van der Waals surface area contributed by atoms with Gasteiger partial charge >= 0.3 is 5.97 Å². The maximum absolute atomic E-state index is 11.9. The van der Waals surface area contributed by atoms with E-state index < -0.39 is 5.97 Å². The highest BCUT2D eigenvalue weighted by atomic mass is 16.5. The fourth-order valence-corrected chi connectivity index (χ4v) is 2.38. The molecule has 0 unspecified atom stereocenters. The van der Waals surface area contributed by atoms with Gasteiger partial charge in [0.05, 0.1) is 25.0 Å². The molecule has 1 aliphatic rings. The van der Waals surface area contributed by atoms with Crippen molar-refractivity contribution in [2.75, 3.05) is 30.9 Å². The zero-order chi connectivity index (χ0) is 13.8. The Balaban J connectivity index is 2.37. The number of hydrogen-bond acceptors (Lipinski definition) is 5. The van der Waals surface area contributed by atoms with E-state index in [1.807, 2.05) is 6.07 Å². The summed E-state index contributed by atoms with van der Waals surface area (Å²) < 4.78 is 4.81. The minimum absolute atomic E-state index is 0.0570. The number of aliphatic hydroxyl groups excluding tert-OH is 1. The Morgan fingerprint density at radius 3 is 2.79 bits per heavy atom. The number of nitrogens with zero attached hydrogens (tertiary/aromatic N) is 1. The standard InChI is InChI=1S/C14H20N2O3/c1-19-14(18)12-9-10(15)5-6-13(12)16(7-8-17)11-3-2-4-11/h5-6,9,11,17H,2-4,7-8,15H2,1H3. The van der Waals surface area contributed by atoms with E-state index >= 15 is 0 Å². The average Bonchev–Trinajstić information content (AvgIpc) is 2.35. The van der Waals surface area contributed by atoms with Crippen LogP contribution in [0.1, 0.15) is 29.6 Å². The van der Waals surface area contributed by atoms with Crippen molar-refractivity contribution >= 4 is 17.3 Å². The van der Waals surface area contributed by atoms with Crippen molar-refractivity contribution in [3.05, 3.63) is 23.8 Å². The molecule has 0 amide bonds. The van der Waals surface area contributed by atoms with Gasteiger partial charge in [-0.2, -0.15) is 0 Å². The molecule has 5 heteroatoms. The smallest absolute Gasteiger partial charge is 0.340 e.